The largest absolute Gasteiger partial charge is 0.489 e. The molecule has 1 unspecified atom stereocenters. The summed E-state index contributed by atoms with van der Waals surface area (Å²) in [6.07, 6.45) is 0.138. The van der Waals surface area contributed by atoms with Gasteiger partial charge in [-0.2, -0.15) is 0 Å². The average Bonchev–Trinajstić information content (AvgIpc) is 2.63. The third kappa shape index (κ3) is 6.40. The van der Waals surface area contributed by atoms with E-state index < -0.39 is 11.9 Å². The molecule has 2 aromatic carbocycles. The smallest absolute Gasteiger partial charge is 0.224 e. The van der Waals surface area contributed by atoms with E-state index in [0.717, 1.165) is 11.1 Å². The number of aryl methyl sites for hydroxylation is 1. The summed E-state index contributed by atoms with van der Waals surface area (Å²) in [5.74, 6) is -0.601. The molecule has 5 nitrogen and oxygen atoms in total. The lowest BCUT2D eigenvalue weighted by Crippen LogP contribution is -2.35. The molecule has 0 radical (unpaired) electrons. The molecule has 1 N–H and O–H groups in total. The molecule has 1 atom stereocenters. The molecule has 2 amide bonds. The molecule has 0 aliphatic rings. The first-order valence-electron chi connectivity index (χ1n) is 8.81. The van der Waals surface area contributed by atoms with Gasteiger partial charge in [0.2, 0.25) is 11.8 Å². The van der Waals surface area contributed by atoms with Crippen LogP contribution >= 0.6 is 0 Å². The number of ether oxygens (including phenoxy) is 1. The second-order valence-corrected chi connectivity index (χ2v) is 6.46. The van der Waals surface area contributed by atoms with Gasteiger partial charge in [-0.15, -0.1) is 0 Å². The van der Waals surface area contributed by atoms with E-state index in [0.29, 0.717) is 6.54 Å². The SMILES string of the molecule is CC(=O)NC(CC(=O)N(C)CCOc1ccccc1F)c1ccc(C)cc1. The summed E-state index contributed by atoms with van der Waals surface area (Å²) in [7, 11) is 1.66. The highest BCUT2D eigenvalue weighted by molar-refractivity contribution is 5.79. The van der Waals surface area contributed by atoms with Crippen molar-refractivity contribution in [1.82, 2.24) is 10.2 Å². The Morgan fingerprint density at radius 3 is 2.44 bits per heavy atom. The van der Waals surface area contributed by atoms with Crippen LogP contribution in [0.4, 0.5) is 4.39 Å². The van der Waals surface area contributed by atoms with E-state index >= 15 is 0 Å². The van der Waals surface area contributed by atoms with E-state index in [9.17, 15) is 14.0 Å². The van der Waals surface area contributed by atoms with E-state index in [1.807, 2.05) is 31.2 Å². The van der Waals surface area contributed by atoms with Gasteiger partial charge in [0.05, 0.1) is 19.0 Å². The van der Waals surface area contributed by atoms with Crippen LogP contribution in [0.2, 0.25) is 0 Å². The molecular formula is C21H25FN2O3. The van der Waals surface area contributed by atoms with Crippen molar-refractivity contribution < 1.29 is 18.7 Å². The van der Waals surface area contributed by atoms with Crippen LogP contribution < -0.4 is 10.1 Å². The van der Waals surface area contributed by atoms with Gasteiger partial charge in [-0.1, -0.05) is 42.0 Å². The summed E-state index contributed by atoms with van der Waals surface area (Å²) >= 11 is 0. The topological polar surface area (TPSA) is 58.6 Å². The van der Waals surface area contributed by atoms with Gasteiger partial charge in [0.25, 0.3) is 0 Å². The van der Waals surface area contributed by atoms with Crippen molar-refractivity contribution in [2.45, 2.75) is 26.3 Å². The van der Waals surface area contributed by atoms with Crippen LogP contribution in [0.1, 0.15) is 30.5 Å². The second kappa shape index (κ2) is 9.71. The van der Waals surface area contributed by atoms with Crippen molar-refractivity contribution in [3.8, 4) is 5.75 Å². The summed E-state index contributed by atoms with van der Waals surface area (Å²) in [5.41, 5.74) is 1.98. The molecule has 0 fully saturated rings. The Kier molecular flexibility index (Phi) is 7.34. The molecule has 0 heterocycles. The Morgan fingerprint density at radius 2 is 1.81 bits per heavy atom. The zero-order valence-electron chi connectivity index (χ0n) is 15.9. The Labute approximate surface area is 159 Å². The number of nitrogens with one attached hydrogen (secondary N) is 1. The Balaban J connectivity index is 1.92. The number of rotatable bonds is 8. The average molecular weight is 372 g/mol. The van der Waals surface area contributed by atoms with Crippen molar-refractivity contribution in [3.05, 3.63) is 65.5 Å². The molecule has 0 bridgehead atoms. The molecule has 0 saturated heterocycles. The number of para-hydroxylation sites is 1. The quantitative estimate of drug-likeness (QED) is 0.774. The first-order valence-corrected chi connectivity index (χ1v) is 8.81. The molecule has 2 aromatic rings. The minimum Gasteiger partial charge on any atom is -0.489 e. The van der Waals surface area contributed by atoms with Crippen molar-refractivity contribution >= 4 is 11.8 Å². The number of hydrogen-bond donors (Lipinski definition) is 1. The fourth-order valence-corrected chi connectivity index (χ4v) is 2.61. The van der Waals surface area contributed by atoms with E-state index in [2.05, 4.69) is 5.32 Å². The summed E-state index contributed by atoms with van der Waals surface area (Å²) in [4.78, 5) is 25.6. The minimum absolute atomic E-state index is 0.133. The van der Waals surface area contributed by atoms with Crippen LogP contribution in [-0.2, 0) is 9.59 Å². The van der Waals surface area contributed by atoms with Gasteiger partial charge in [-0.05, 0) is 24.6 Å². The molecule has 144 valence electrons. The second-order valence-electron chi connectivity index (χ2n) is 6.46. The number of nitrogens with zero attached hydrogens (tertiary/aromatic N) is 1. The van der Waals surface area contributed by atoms with Crippen LogP contribution in [0.25, 0.3) is 0 Å². The van der Waals surface area contributed by atoms with E-state index in [1.165, 1.54) is 17.9 Å². The van der Waals surface area contributed by atoms with Crippen molar-refractivity contribution in [2.24, 2.45) is 0 Å². The molecule has 6 heteroatoms. The Morgan fingerprint density at radius 1 is 1.15 bits per heavy atom. The predicted octanol–water partition coefficient (Wildman–Crippen LogP) is 3.24. The lowest BCUT2D eigenvalue weighted by atomic mass is 10.0. The summed E-state index contributed by atoms with van der Waals surface area (Å²) in [5, 5.41) is 2.82. The molecule has 0 aliphatic heterocycles. The van der Waals surface area contributed by atoms with E-state index in [-0.39, 0.29) is 30.6 Å². The van der Waals surface area contributed by atoms with Crippen molar-refractivity contribution in [3.63, 3.8) is 0 Å². The third-order valence-corrected chi connectivity index (χ3v) is 4.18. The van der Waals surface area contributed by atoms with E-state index in [4.69, 9.17) is 4.74 Å². The lowest BCUT2D eigenvalue weighted by molar-refractivity contribution is -0.131. The molecule has 0 aromatic heterocycles. The number of benzene rings is 2. The summed E-state index contributed by atoms with van der Waals surface area (Å²) in [6, 6.07) is 13.4. The molecule has 0 spiro atoms. The van der Waals surface area contributed by atoms with Gasteiger partial charge < -0.3 is 15.0 Å². The summed E-state index contributed by atoms with van der Waals surface area (Å²) < 4.78 is 18.9. The van der Waals surface area contributed by atoms with Crippen LogP contribution in [0.5, 0.6) is 5.75 Å². The third-order valence-electron chi connectivity index (χ3n) is 4.18. The lowest BCUT2D eigenvalue weighted by Gasteiger charge is -2.23. The highest BCUT2D eigenvalue weighted by Gasteiger charge is 2.19. The Bertz CT molecular complexity index is 777. The van der Waals surface area contributed by atoms with Crippen LogP contribution in [0.3, 0.4) is 0 Å². The summed E-state index contributed by atoms with van der Waals surface area (Å²) in [6.45, 7) is 3.90. The highest BCUT2D eigenvalue weighted by Crippen LogP contribution is 2.19. The number of amides is 2. The first kappa shape index (κ1) is 20.4. The number of halogens is 1. The van der Waals surface area contributed by atoms with Crippen molar-refractivity contribution in [2.75, 3.05) is 20.2 Å². The molecular weight excluding hydrogens is 347 g/mol. The van der Waals surface area contributed by atoms with Crippen molar-refractivity contribution in [1.29, 1.82) is 0 Å². The highest BCUT2D eigenvalue weighted by atomic mass is 19.1. The van der Waals surface area contributed by atoms with Gasteiger partial charge >= 0.3 is 0 Å². The standard InChI is InChI=1S/C21H25FN2O3/c1-15-8-10-17(11-9-15)19(23-16(2)25)14-21(26)24(3)12-13-27-20-7-5-4-6-18(20)22/h4-11,19H,12-14H2,1-3H3,(H,23,25). The van der Waals surface area contributed by atoms with Crippen LogP contribution in [0.15, 0.2) is 48.5 Å². The Hall–Kier alpha value is -2.89. The predicted molar refractivity (Wildman–Crippen MR) is 102 cm³/mol. The number of carbonyl (C=O) groups excluding carboxylic acids is 2. The number of carbonyl (C=O) groups is 2. The fourth-order valence-electron chi connectivity index (χ4n) is 2.61. The van der Waals surface area contributed by atoms with Gasteiger partial charge in [0, 0.05) is 14.0 Å². The molecule has 27 heavy (non-hydrogen) atoms. The first-order chi connectivity index (χ1) is 12.9. The maximum Gasteiger partial charge on any atom is 0.224 e. The van der Waals surface area contributed by atoms with Gasteiger partial charge in [-0.3, -0.25) is 9.59 Å². The van der Waals surface area contributed by atoms with Gasteiger partial charge in [-0.25, -0.2) is 4.39 Å². The zero-order chi connectivity index (χ0) is 19.8. The van der Waals surface area contributed by atoms with Gasteiger partial charge in [0.15, 0.2) is 11.6 Å². The molecule has 0 saturated carbocycles. The number of hydrogen-bond acceptors (Lipinski definition) is 3. The van der Waals surface area contributed by atoms with Gasteiger partial charge in [0.1, 0.15) is 6.61 Å². The number of likely N-dealkylation sites (N-methyl/N-ethyl adjacent to an activating group) is 1. The van der Waals surface area contributed by atoms with Crippen LogP contribution in [-0.4, -0.2) is 36.9 Å². The fraction of sp³-hybridized carbons (Fsp3) is 0.333. The monoisotopic (exact) mass is 372 g/mol. The van der Waals surface area contributed by atoms with Crippen LogP contribution in [0, 0.1) is 12.7 Å². The zero-order valence-corrected chi connectivity index (χ0v) is 15.9. The maximum atomic E-state index is 13.5. The van der Waals surface area contributed by atoms with E-state index in [1.54, 1.807) is 25.2 Å². The normalized spacial score (nSPS) is 11.6. The maximum absolute atomic E-state index is 13.5. The molecule has 2 rings (SSSR count). The minimum atomic E-state index is -0.434. The molecule has 0 aliphatic carbocycles.